The molecule has 0 radical (unpaired) electrons. The second-order valence-electron chi connectivity index (χ2n) is 6.16. The summed E-state index contributed by atoms with van der Waals surface area (Å²) in [7, 11) is 1.61. The predicted molar refractivity (Wildman–Crippen MR) is 96.6 cm³/mol. The summed E-state index contributed by atoms with van der Waals surface area (Å²) in [6, 6.07) is 5.31. The van der Waals surface area contributed by atoms with Gasteiger partial charge in [-0.15, -0.1) is 0 Å². The average molecular weight is 344 g/mol. The summed E-state index contributed by atoms with van der Waals surface area (Å²) in [5.74, 6) is 0.357. The topological polar surface area (TPSA) is 61.8 Å². The highest BCUT2D eigenvalue weighted by Gasteiger charge is 2.20. The molecule has 5 nitrogen and oxygen atoms in total. The molecule has 2 aromatic carbocycles. The van der Waals surface area contributed by atoms with Crippen LogP contribution in [0.25, 0.3) is 10.8 Å². The van der Waals surface area contributed by atoms with Gasteiger partial charge in [-0.05, 0) is 48.9 Å². The van der Waals surface area contributed by atoms with Gasteiger partial charge in [0, 0.05) is 17.9 Å². The Kier molecular flexibility index (Phi) is 5.67. The van der Waals surface area contributed by atoms with Crippen molar-refractivity contribution in [1.82, 2.24) is 0 Å². The lowest BCUT2D eigenvalue weighted by Gasteiger charge is -2.19. The van der Waals surface area contributed by atoms with Gasteiger partial charge in [0.2, 0.25) is 0 Å². The lowest BCUT2D eigenvalue weighted by molar-refractivity contribution is -0.131. The second kappa shape index (κ2) is 7.55. The summed E-state index contributed by atoms with van der Waals surface area (Å²) in [5.41, 5.74) is 2.22. The normalized spacial score (nSPS) is 10.8. The number of ether oxygens (including phenoxy) is 3. The zero-order valence-electron chi connectivity index (χ0n) is 15.6. The van der Waals surface area contributed by atoms with E-state index in [0.29, 0.717) is 17.1 Å². The number of rotatable bonds is 5. The van der Waals surface area contributed by atoms with Gasteiger partial charge in [-0.3, -0.25) is 4.79 Å². The van der Waals surface area contributed by atoms with Crippen LogP contribution in [-0.4, -0.2) is 25.7 Å². The minimum atomic E-state index is -0.448. The lowest BCUT2D eigenvalue weighted by atomic mass is 9.91. The molecule has 0 N–H and O–H groups in total. The molecule has 2 rings (SSSR count). The van der Waals surface area contributed by atoms with E-state index in [2.05, 4.69) is 13.8 Å². The summed E-state index contributed by atoms with van der Waals surface area (Å²) in [5, 5.41) is 1.63. The van der Waals surface area contributed by atoms with Crippen LogP contribution in [0.15, 0.2) is 18.2 Å². The van der Waals surface area contributed by atoms with Crippen molar-refractivity contribution in [1.29, 1.82) is 0 Å². The third kappa shape index (κ3) is 3.76. The summed E-state index contributed by atoms with van der Waals surface area (Å²) >= 11 is 0. The van der Waals surface area contributed by atoms with E-state index >= 15 is 0 Å². The van der Waals surface area contributed by atoms with E-state index in [1.165, 1.54) is 6.92 Å². The Labute approximate surface area is 147 Å². The van der Waals surface area contributed by atoms with Gasteiger partial charge in [0.1, 0.15) is 11.5 Å². The largest absolute Gasteiger partial charge is 0.496 e. The number of carbonyl (C=O) groups excluding carboxylic acids is 2. The first kappa shape index (κ1) is 18.8. The number of methoxy groups -OCH3 is 1. The van der Waals surface area contributed by atoms with Crippen LogP contribution in [0.4, 0.5) is 0 Å². The summed E-state index contributed by atoms with van der Waals surface area (Å²) in [6.45, 7) is 9.39. The van der Waals surface area contributed by atoms with Crippen LogP contribution in [0, 0.1) is 6.92 Å². The first-order chi connectivity index (χ1) is 11.8. The smallest absolute Gasteiger partial charge is 0.338 e. The van der Waals surface area contributed by atoms with E-state index in [9.17, 15) is 9.59 Å². The lowest BCUT2D eigenvalue weighted by Crippen LogP contribution is -2.09. The van der Waals surface area contributed by atoms with Crippen LogP contribution in [0.5, 0.6) is 11.5 Å². The van der Waals surface area contributed by atoms with Crippen molar-refractivity contribution in [2.75, 3.05) is 13.7 Å². The van der Waals surface area contributed by atoms with Gasteiger partial charge in [-0.2, -0.15) is 0 Å². The van der Waals surface area contributed by atoms with Crippen molar-refractivity contribution in [2.24, 2.45) is 0 Å². The Bertz CT molecular complexity index is 821. The monoisotopic (exact) mass is 344 g/mol. The van der Waals surface area contributed by atoms with E-state index in [0.717, 1.165) is 21.9 Å². The number of aryl methyl sites for hydroxylation is 1. The highest BCUT2D eigenvalue weighted by molar-refractivity contribution is 6.02. The molecule has 5 heteroatoms. The van der Waals surface area contributed by atoms with Crippen molar-refractivity contribution < 1.29 is 23.8 Å². The molecule has 0 aromatic heterocycles. The van der Waals surface area contributed by atoms with Crippen LogP contribution in [-0.2, 0) is 9.53 Å². The maximum absolute atomic E-state index is 12.2. The molecule has 0 aliphatic rings. The highest BCUT2D eigenvalue weighted by atomic mass is 16.5. The van der Waals surface area contributed by atoms with E-state index in [1.807, 2.05) is 13.0 Å². The molecule has 0 amide bonds. The highest BCUT2D eigenvalue weighted by Crippen LogP contribution is 2.40. The third-order valence-electron chi connectivity index (χ3n) is 4.05. The molecule has 0 fully saturated rings. The number of hydrogen-bond acceptors (Lipinski definition) is 5. The molecule has 2 aromatic rings. The Morgan fingerprint density at radius 1 is 1.12 bits per heavy atom. The van der Waals surface area contributed by atoms with Crippen LogP contribution < -0.4 is 9.47 Å². The molecule has 134 valence electrons. The van der Waals surface area contributed by atoms with Crippen molar-refractivity contribution >= 4 is 22.7 Å². The molecule has 0 saturated carbocycles. The minimum absolute atomic E-state index is 0.194. The summed E-state index contributed by atoms with van der Waals surface area (Å²) in [4.78, 5) is 23.8. The van der Waals surface area contributed by atoms with Crippen LogP contribution in [0.2, 0.25) is 0 Å². The Morgan fingerprint density at radius 2 is 1.80 bits per heavy atom. The van der Waals surface area contributed by atoms with Gasteiger partial charge in [0.25, 0.3) is 0 Å². The standard InChI is InChI=1S/C20H24O5/c1-7-24-20(22)14-8-16-15(11(2)3)10-17(23-6)12(4)19(16)18(9-14)25-13(5)21/h8-11H,7H2,1-6H3. The summed E-state index contributed by atoms with van der Waals surface area (Å²) in [6.07, 6.45) is 0. The van der Waals surface area contributed by atoms with Gasteiger partial charge in [0.05, 0.1) is 19.3 Å². The van der Waals surface area contributed by atoms with Crippen molar-refractivity contribution in [3.63, 3.8) is 0 Å². The maximum Gasteiger partial charge on any atom is 0.338 e. The second-order valence-corrected chi connectivity index (χ2v) is 6.16. The SMILES string of the molecule is CCOC(=O)c1cc(OC(C)=O)c2c(C)c(OC)cc(C(C)C)c2c1. The minimum Gasteiger partial charge on any atom is -0.496 e. The van der Waals surface area contributed by atoms with Crippen LogP contribution in [0.1, 0.15) is 55.1 Å². The molecule has 0 bridgehead atoms. The fourth-order valence-corrected chi connectivity index (χ4v) is 2.94. The van der Waals surface area contributed by atoms with Crippen molar-refractivity contribution in [3.05, 3.63) is 34.9 Å². The molecule has 0 saturated heterocycles. The zero-order valence-corrected chi connectivity index (χ0v) is 15.6. The average Bonchev–Trinajstić information content (AvgIpc) is 2.54. The van der Waals surface area contributed by atoms with Gasteiger partial charge < -0.3 is 14.2 Å². The quantitative estimate of drug-likeness (QED) is 0.595. The summed E-state index contributed by atoms with van der Waals surface area (Å²) < 4.78 is 16.0. The number of esters is 2. The zero-order chi connectivity index (χ0) is 18.7. The van der Waals surface area contributed by atoms with E-state index in [-0.39, 0.29) is 12.5 Å². The van der Waals surface area contributed by atoms with Gasteiger partial charge >= 0.3 is 11.9 Å². The molecule has 0 spiro atoms. The number of hydrogen-bond donors (Lipinski definition) is 0. The van der Waals surface area contributed by atoms with E-state index in [4.69, 9.17) is 14.2 Å². The van der Waals surface area contributed by atoms with E-state index in [1.54, 1.807) is 26.2 Å². The molecule has 0 aliphatic carbocycles. The maximum atomic E-state index is 12.2. The predicted octanol–water partition coefficient (Wildman–Crippen LogP) is 4.38. The molecule has 25 heavy (non-hydrogen) atoms. The van der Waals surface area contributed by atoms with Gasteiger partial charge in [-0.25, -0.2) is 4.79 Å². The first-order valence-electron chi connectivity index (χ1n) is 8.30. The Morgan fingerprint density at radius 3 is 2.32 bits per heavy atom. The molecule has 0 unspecified atom stereocenters. The van der Waals surface area contributed by atoms with Crippen molar-refractivity contribution in [2.45, 2.75) is 40.5 Å². The van der Waals surface area contributed by atoms with Crippen LogP contribution in [0.3, 0.4) is 0 Å². The first-order valence-corrected chi connectivity index (χ1v) is 8.30. The molecular weight excluding hydrogens is 320 g/mol. The molecule has 0 heterocycles. The number of carbonyl (C=O) groups is 2. The Balaban J connectivity index is 2.89. The van der Waals surface area contributed by atoms with Gasteiger partial charge in [-0.1, -0.05) is 13.8 Å². The van der Waals surface area contributed by atoms with Crippen molar-refractivity contribution in [3.8, 4) is 11.5 Å². The molecule has 0 atom stereocenters. The van der Waals surface area contributed by atoms with Gasteiger partial charge in [0.15, 0.2) is 0 Å². The number of fused-ring (bicyclic) bond motifs is 1. The Hall–Kier alpha value is -2.56. The fourth-order valence-electron chi connectivity index (χ4n) is 2.94. The van der Waals surface area contributed by atoms with Crippen LogP contribution >= 0.6 is 0 Å². The molecular formula is C20H24O5. The number of benzene rings is 2. The molecule has 0 aliphatic heterocycles. The fraction of sp³-hybridized carbons (Fsp3) is 0.400. The third-order valence-corrected chi connectivity index (χ3v) is 4.05. The van der Waals surface area contributed by atoms with E-state index < -0.39 is 11.9 Å².